The maximum Gasteiger partial charge on any atom is 0.0436 e. The van der Waals surface area contributed by atoms with Gasteiger partial charge in [-0.25, -0.2) is 0 Å². The summed E-state index contributed by atoms with van der Waals surface area (Å²) in [5.41, 5.74) is 0. The summed E-state index contributed by atoms with van der Waals surface area (Å²) in [6.07, 6.45) is 0. The lowest BCUT2D eigenvalue weighted by atomic mass is 10.3. The third-order valence-corrected chi connectivity index (χ3v) is 2.36. The van der Waals surface area contributed by atoms with E-state index in [0.29, 0.717) is 0 Å². The standard InChI is InChI=1S/C9H19N3/c1-10(2)4-7-12-8-5-11(3)6-9-12/h1H,4-9H2,2-3H3. The molecular formula is C9H19N3. The van der Waals surface area contributed by atoms with Gasteiger partial charge in [-0.2, -0.15) is 0 Å². The Bertz CT molecular complexity index is 117. The summed E-state index contributed by atoms with van der Waals surface area (Å²) in [5, 5.41) is 0. The minimum atomic E-state index is 0.962. The van der Waals surface area contributed by atoms with Crippen molar-refractivity contribution in [3.05, 3.63) is 7.05 Å². The van der Waals surface area contributed by atoms with Crippen molar-refractivity contribution in [3.8, 4) is 0 Å². The summed E-state index contributed by atoms with van der Waals surface area (Å²) in [6, 6.07) is 0. The van der Waals surface area contributed by atoms with E-state index in [1.807, 2.05) is 7.05 Å². The summed E-state index contributed by atoms with van der Waals surface area (Å²) < 4.78 is 0. The Morgan fingerprint density at radius 3 is 2.33 bits per heavy atom. The lowest BCUT2D eigenvalue weighted by molar-refractivity contribution is 0.147. The van der Waals surface area contributed by atoms with Crippen molar-refractivity contribution in [1.82, 2.24) is 14.7 Å². The molecule has 0 saturated carbocycles. The third-order valence-electron chi connectivity index (χ3n) is 2.36. The van der Waals surface area contributed by atoms with Crippen LogP contribution in [0.3, 0.4) is 0 Å². The predicted molar refractivity (Wildman–Crippen MR) is 50.9 cm³/mol. The van der Waals surface area contributed by atoms with Crippen LogP contribution in [-0.2, 0) is 0 Å². The van der Waals surface area contributed by atoms with Gasteiger partial charge in [-0.3, -0.25) is 9.80 Å². The van der Waals surface area contributed by atoms with Crippen molar-refractivity contribution in [2.75, 3.05) is 53.4 Å². The maximum atomic E-state index is 5.53. The first kappa shape index (κ1) is 9.96. The van der Waals surface area contributed by atoms with Crippen LogP contribution in [0.25, 0.3) is 0 Å². The molecule has 0 atom stereocenters. The molecule has 70 valence electrons. The van der Waals surface area contributed by atoms with E-state index in [0.717, 1.165) is 13.1 Å². The van der Waals surface area contributed by atoms with Crippen LogP contribution in [-0.4, -0.2) is 68.1 Å². The third kappa shape index (κ3) is 3.52. The number of likely N-dealkylation sites (N-methyl/N-ethyl adjacent to an activating group) is 2. The minimum absolute atomic E-state index is 0.962. The average Bonchev–Trinajstić information content (AvgIpc) is 2.03. The number of hydrogen-bond donors (Lipinski definition) is 0. The summed E-state index contributed by atoms with van der Waals surface area (Å²) in [4.78, 5) is 6.57. The lowest BCUT2D eigenvalue weighted by Crippen LogP contribution is -2.46. The zero-order chi connectivity index (χ0) is 8.97. The molecule has 0 aromatic rings. The van der Waals surface area contributed by atoms with Crippen molar-refractivity contribution >= 4 is 0 Å². The highest BCUT2D eigenvalue weighted by atomic mass is 15.3. The molecular weight excluding hydrogens is 150 g/mol. The van der Waals surface area contributed by atoms with Gasteiger partial charge in [0.05, 0.1) is 0 Å². The molecule has 0 amide bonds. The van der Waals surface area contributed by atoms with Crippen LogP contribution in [0.2, 0.25) is 0 Å². The molecule has 1 heterocycles. The van der Waals surface area contributed by atoms with Gasteiger partial charge < -0.3 is 4.90 Å². The first-order valence-electron chi connectivity index (χ1n) is 4.55. The molecule has 1 rings (SSSR count). The normalized spacial score (nSPS) is 22.0. The summed E-state index contributed by atoms with van der Waals surface area (Å²) in [6.45, 7) is 6.81. The average molecular weight is 169 g/mol. The van der Waals surface area contributed by atoms with Crippen LogP contribution in [0.1, 0.15) is 0 Å². The highest BCUT2D eigenvalue weighted by Crippen LogP contribution is 1.98. The van der Waals surface area contributed by atoms with Crippen molar-refractivity contribution in [3.63, 3.8) is 0 Å². The summed E-state index contributed by atoms with van der Waals surface area (Å²) in [5.74, 6) is 0. The Kier molecular flexibility index (Phi) is 3.98. The van der Waals surface area contributed by atoms with Crippen LogP contribution < -0.4 is 0 Å². The summed E-state index contributed by atoms with van der Waals surface area (Å²) in [7, 11) is 9.62. The van der Waals surface area contributed by atoms with Gasteiger partial charge in [-0.1, -0.05) is 0 Å². The first-order chi connectivity index (χ1) is 5.68. The Hall–Kier alpha value is -0.120. The molecule has 1 aliphatic heterocycles. The Balaban J connectivity index is 2.09. The zero-order valence-electron chi connectivity index (χ0n) is 8.16. The van der Waals surface area contributed by atoms with Gasteiger partial charge in [-0.05, 0) is 14.1 Å². The van der Waals surface area contributed by atoms with E-state index in [1.54, 1.807) is 4.90 Å². The molecule has 1 saturated heterocycles. The fourth-order valence-electron chi connectivity index (χ4n) is 1.37. The number of nitrogens with zero attached hydrogens (tertiary/aromatic N) is 3. The van der Waals surface area contributed by atoms with Crippen LogP contribution >= 0.6 is 0 Å². The fourth-order valence-corrected chi connectivity index (χ4v) is 1.37. The monoisotopic (exact) mass is 169 g/mol. The quantitative estimate of drug-likeness (QED) is 0.543. The lowest BCUT2D eigenvalue weighted by Gasteiger charge is -2.32. The Labute approximate surface area is 75.9 Å². The molecule has 2 radical (unpaired) electrons. The van der Waals surface area contributed by atoms with E-state index in [9.17, 15) is 0 Å². The van der Waals surface area contributed by atoms with Crippen molar-refractivity contribution in [2.45, 2.75) is 0 Å². The van der Waals surface area contributed by atoms with Gasteiger partial charge >= 0.3 is 0 Å². The molecule has 1 aliphatic rings. The highest BCUT2D eigenvalue weighted by Gasteiger charge is 2.12. The SMILES string of the molecule is [CH]N(C)CCN1CCN(C)CC1. The van der Waals surface area contributed by atoms with Crippen molar-refractivity contribution in [2.24, 2.45) is 0 Å². The van der Waals surface area contributed by atoms with Crippen LogP contribution in [0, 0.1) is 7.05 Å². The molecule has 0 aliphatic carbocycles. The zero-order valence-corrected chi connectivity index (χ0v) is 8.16. The molecule has 0 N–H and O–H groups in total. The van der Waals surface area contributed by atoms with Gasteiger partial charge in [0.15, 0.2) is 0 Å². The first-order valence-corrected chi connectivity index (χ1v) is 4.55. The maximum absolute atomic E-state index is 5.53. The Morgan fingerprint density at radius 1 is 1.25 bits per heavy atom. The molecule has 3 nitrogen and oxygen atoms in total. The van der Waals surface area contributed by atoms with Gasteiger partial charge in [0.1, 0.15) is 0 Å². The van der Waals surface area contributed by atoms with Gasteiger partial charge in [0, 0.05) is 46.3 Å². The van der Waals surface area contributed by atoms with E-state index in [4.69, 9.17) is 7.05 Å². The van der Waals surface area contributed by atoms with E-state index >= 15 is 0 Å². The second-order valence-electron chi connectivity index (χ2n) is 3.63. The van der Waals surface area contributed by atoms with E-state index in [1.165, 1.54) is 26.2 Å². The number of piperazine rings is 1. The summed E-state index contributed by atoms with van der Waals surface area (Å²) >= 11 is 0. The van der Waals surface area contributed by atoms with Crippen molar-refractivity contribution < 1.29 is 0 Å². The second kappa shape index (κ2) is 4.80. The van der Waals surface area contributed by atoms with E-state index < -0.39 is 0 Å². The molecule has 1 fully saturated rings. The largest absolute Gasteiger partial charge is 0.304 e. The van der Waals surface area contributed by atoms with Crippen LogP contribution in [0.4, 0.5) is 0 Å². The second-order valence-corrected chi connectivity index (χ2v) is 3.63. The smallest absolute Gasteiger partial charge is 0.0436 e. The molecule has 0 bridgehead atoms. The highest BCUT2D eigenvalue weighted by molar-refractivity contribution is 4.69. The minimum Gasteiger partial charge on any atom is -0.304 e. The number of rotatable bonds is 3. The topological polar surface area (TPSA) is 9.72 Å². The molecule has 3 heteroatoms. The molecule has 0 aromatic carbocycles. The van der Waals surface area contributed by atoms with Crippen LogP contribution in [0.5, 0.6) is 0 Å². The van der Waals surface area contributed by atoms with Crippen molar-refractivity contribution in [1.29, 1.82) is 0 Å². The van der Waals surface area contributed by atoms with E-state index in [2.05, 4.69) is 16.8 Å². The van der Waals surface area contributed by atoms with Gasteiger partial charge in [0.25, 0.3) is 0 Å². The fraction of sp³-hybridized carbons (Fsp3) is 0.889. The van der Waals surface area contributed by atoms with Gasteiger partial charge in [0.2, 0.25) is 0 Å². The Morgan fingerprint density at radius 2 is 1.83 bits per heavy atom. The molecule has 12 heavy (non-hydrogen) atoms. The molecule has 0 spiro atoms. The van der Waals surface area contributed by atoms with E-state index in [-0.39, 0.29) is 0 Å². The van der Waals surface area contributed by atoms with Gasteiger partial charge in [-0.15, -0.1) is 0 Å². The molecule has 0 unspecified atom stereocenters. The number of hydrogen-bond acceptors (Lipinski definition) is 3. The predicted octanol–water partition coefficient (Wildman–Crippen LogP) is -0.166. The molecule has 0 aromatic heterocycles. The van der Waals surface area contributed by atoms with Crippen LogP contribution in [0.15, 0.2) is 0 Å².